The van der Waals surface area contributed by atoms with Gasteiger partial charge >= 0.3 is 178 Å². The van der Waals surface area contributed by atoms with Gasteiger partial charge in [-0.15, -0.1) is 0 Å². The van der Waals surface area contributed by atoms with Crippen LogP contribution in [0.4, 0.5) is 11.6 Å². The molecule has 0 aliphatic heterocycles. The van der Waals surface area contributed by atoms with Crippen LogP contribution in [0.2, 0.25) is 0 Å². The summed E-state index contributed by atoms with van der Waals surface area (Å²) in [5.41, 5.74) is 1.58. The summed E-state index contributed by atoms with van der Waals surface area (Å²) in [7, 11) is 0. The molecule has 0 aliphatic rings. The number of rotatable bonds is 12. The van der Waals surface area contributed by atoms with E-state index in [1.54, 1.807) is 12.3 Å². The van der Waals surface area contributed by atoms with Crippen molar-refractivity contribution in [1.82, 2.24) is 15.0 Å². The van der Waals surface area contributed by atoms with Crippen LogP contribution in [-0.4, -0.2) is 49.0 Å². The van der Waals surface area contributed by atoms with Crippen molar-refractivity contribution >= 4 is 31.5 Å². The minimum absolute atomic E-state index is 0.222. The Morgan fingerprint density at radius 3 is 2.62 bits per heavy atom. The van der Waals surface area contributed by atoms with E-state index in [1.165, 1.54) is 12.6 Å². The van der Waals surface area contributed by atoms with E-state index in [2.05, 4.69) is 44.8 Å². The number of hydrogen-bond acceptors (Lipinski definition) is 8. The first kappa shape index (κ1) is 23.6. The van der Waals surface area contributed by atoms with Crippen LogP contribution in [0.15, 0.2) is 78.5 Å². The molecule has 0 unspecified atom stereocenters. The van der Waals surface area contributed by atoms with Crippen LogP contribution in [0.3, 0.4) is 0 Å². The van der Waals surface area contributed by atoms with Gasteiger partial charge in [0.1, 0.15) is 0 Å². The second kappa shape index (κ2) is 12.1. The van der Waals surface area contributed by atoms with E-state index in [1.807, 2.05) is 34.4 Å². The number of pyridine rings is 1. The van der Waals surface area contributed by atoms with Crippen molar-refractivity contribution in [3.63, 3.8) is 0 Å². The molecule has 0 bridgehead atoms. The number of nitrogens with zero attached hydrogens (tertiary/aromatic N) is 3. The Morgan fingerprint density at radius 2 is 1.91 bits per heavy atom. The number of ether oxygens (including phenoxy) is 1. The molecule has 9 heteroatoms. The Morgan fingerprint density at radius 1 is 1.06 bits per heavy atom. The molecule has 2 aromatic heterocycles. The third kappa shape index (κ3) is 6.49. The average Bonchev–Trinajstić information content (AvgIpc) is 2.84. The fourth-order valence-corrected chi connectivity index (χ4v) is 6.39. The Bertz CT molecular complexity index is 1030. The summed E-state index contributed by atoms with van der Waals surface area (Å²) in [6.07, 6.45) is 3.82. The van der Waals surface area contributed by atoms with Gasteiger partial charge in [0.2, 0.25) is 0 Å². The fraction of sp³-hybridized carbons (Fsp3) is 0.174. The molecule has 1 atom stereocenters. The molecule has 0 spiro atoms. The van der Waals surface area contributed by atoms with E-state index in [0.717, 1.165) is 30.9 Å². The van der Waals surface area contributed by atoms with Crippen molar-refractivity contribution in [2.75, 3.05) is 28.3 Å². The van der Waals surface area contributed by atoms with Gasteiger partial charge in [-0.3, -0.25) is 0 Å². The molecule has 0 saturated carbocycles. The van der Waals surface area contributed by atoms with Gasteiger partial charge in [-0.1, -0.05) is 0 Å². The van der Waals surface area contributed by atoms with Crippen molar-refractivity contribution in [3.05, 3.63) is 82.1 Å². The van der Waals surface area contributed by atoms with E-state index < -0.39 is 25.9 Å². The van der Waals surface area contributed by atoms with Crippen molar-refractivity contribution < 1.29 is 14.9 Å². The maximum absolute atomic E-state index is 9.43. The minimum atomic E-state index is -1.77. The van der Waals surface area contributed by atoms with Gasteiger partial charge < -0.3 is 10.2 Å². The summed E-state index contributed by atoms with van der Waals surface area (Å²) < 4.78 is 9.47. The number of aliphatic hydroxyl groups excluding tert-OH is 2. The Kier molecular flexibility index (Phi) is 8.96. The van der Waals surface area contributed by atoms with Crippen LogP contribution in [0.1, 0.15) is 0 Å². The quantitative estimate of drug-likeness (QED) is 0.118. The molecule has 3 rings (SSSR count). The van der Waals surface area contributed by atoms with Gasteiger partial charge in [-0.25, -0.2) is 0 Å². The summed E-state index contributed by atoms with van der Waals surface area (Å²) in [6.45, 7) is 7.60. The van der Waals surface area contributed by atoms with Crippen LogP contribution < -0.4 is 15.4 Å². The topological polar surface area (TPSA) is 112 Å². The van der Waals surface area contributed by atoms with Crippen molar-refractivity contribution in [2.45, 2.75) is 6.10 Å². The van der Waals surface area contributed by atoms with Gasteiger partial charge in [0, 0.05) is 0 Å². The summed E-state index contributed by atoms with van der Waals surface area (Å²) in [4.78, 5) is 13.0. The van der Waals surface area contributed by atoms with E-state index in [-0.39, 0.29) is 13.2 Å². The second-order valence-electron chi connectivity index (χ2n) is 6.51. The van der Waals surface area contributed by atoms with Crippen LogP contribution in [0.25, 0.3) is 11.3 Å². The van der Waals surface area contributed by atoms with Crippen molar-refractivity contribution in [2.24, 2.45) is 0 Å². The normalized spacial score (nSPS) is 11.9. The zero-order valence-electron chi connectivity index (χ0n) is 17.5. The fourth-order valence-electron chi connectivity index (χ4n) is 2.73. The number of alkyl halides is 1. The molecule has 2 heterocycles. The van der Waals surface area contributed by atoms with E-state index >= 15 is 0 Å². The van der Waals surface area contributed by atoms with Crippen LogP contribution in [0, 0.1) is 3.57 Å². The van der Waals surface area contributed by atoms with E-state index in [9.17, 15) is 5.11 Å². The number of benzene rings is 1. The summed E-state index contributed by atoms with van der Waals surface area (Å²) in [5, 5.41) is 24.7. The molecule has 1 aromatic carbocycles. The standard InChI is InChI=1S/C23H26IN5O3/c1-3-24(19-7-5-6-8-21(19)32-4-2)15-27-23-11-20(28-16-29-23)17-9-10-22(25-12-17)26-13-18(31)14-30/h3-12,16,18,30-31H,1-2,13-15H2,(H,25,26)(H,27,28,29)/t18-/m0/s1. The Labute approximate surface area is 194 Å². The molecule has 168 valence electrons. The Balaban J connectivity index is 1.67. The van der Waals surface area contributed by atoms with Gasteiger partial charge in [0.25, 0.3) is 0 Å². The molecule has 0 fully saturated rings. The number of para-hydroxylation sites is 1. The SMILES string of the molecule is C=COc1ccccc1I(C=C)CNc1cc(-c2ccc(NC[C@H](O)CO)nc2)ncn1. The van der Waals surface area contributed by atoms with Crippen molar-refractivity contribution in [3.8, 4) is 17.0 Å². The first-order valence-corrected chi connectivity index (χ1v) is 13.7. The Hall–Kier alpha value is -3.02. The molecule has 0 aliphatic carbocycles. The third-order valence-corrected chi connectivity index (χ3v) is 8.99. The number of aromatic nitrogens is 3. The van der Waals surface area contributed by atoms with Crippen LogP contribution in [-0.2, 0) is 0 Å². The number of halogens is 1. The molecule has 32 heavy (non-hydrogen) atoms. The molecule has 8 nitrogen and oxygen atoms in total. The summed E-state index contributed by atoms with van der Waals surface area (Å²) in [5.74, 6) is 2.13. The van der Waals surface area contributed by atoms with Gasteiger partial charge in [0.05, 0.1) is 6.61 Å². The first-order valence-electron chi connectivity index (χ1n) is 9.83. The second-order valence-corrected chi connectivity index (χ2v) is 11.6. The monoisotopic (exact) mass is 547 g/mol. The number of aliphatic hydroxyl groups is 2. The molecular weight excluding hydrogens is 521 g/mol. The molecule has 0 saturated heterocycles. The molecule has 3 aromatic rings. The summed E-state index contributed by atoms with van der Waals surface area (Å²) >= 11 is -1.77. The van der Waals surface area contributed by atoms with Gasteiger partial charge in [-0.2, -0.15) is 0 Å². The van der Waals surface area contributed by atoms with E-state index in [0.29, 0.717) is 5.82 Å². The molecular formula is C23H26IN5O3. The number of anilines is 2. The zero-order valence-corrected chi connectivity index (χ0v) is 19.6. The van der Waals surface area contributed by atoms with Crippen molar-refractivity contribution in [1.29, 1.82) is 0 Å². The summed E-state index contributed by atoms with van der Waals surface area (Å²) in [6, 6.07) is 13.5. The maximum atomic E-state index is 9.43. The van der Waals surface area contributed by atoms with Gasteiger partial charge in [0.15, 0.2) is 0 Å². The molecule has 4 N–H and O–H groups in total. The van der Waals surface area contributed by atoms with Crippen LogP contribution >= 0.6 is 19.8 Å². The first-order chi connectivity index (χ1) is 15.6. The predicted molar refractivity (Wildman–Crippen MR) is 136 cm³/mol. The average molecular weight is 547 g/mol. The zero-order chi connectivity index (χ0) is 22.8. The van der Waals surface area contributed by atoms with E-state index in [4.69, 9.17) is 9.84 Å². The third-order valence-electron chi connectivity index (χ3n) is 4.34. The predicted octanol–water partition coefficient (Wildman–Crippen LogP) is 3.72. The number of nitrogens with one attached hydrogen (secondary N) is 2. The molecule has 0 radical (unpaired) electrons. The van der Waals surface area contributed by atoms with Gasteiger partial charge in [-0.05, 0) is 0 Å². The molecule has 0 amide bonds. The number of hydrogen-bond donors (Lipinski definition) is 4. The van der Waals surface area contributed by atoms with Crippen LogP contribution in [0.5, 0.6) is 5.75 Å².